The second-order valence-corrected chi connectivity index (χ2v) is 10.9. The summed E-state index contributed by atoms with van der Waals surface area (Å²) in [6.07, 6.45) is 0.574. The summed E-state index contributed by atoms with van der Waals surface area (Å²) in [6.45, 7) is 2.73. The Bertz CT molecular complexity index is 1050. The van der Waals surface area contributed by atoms with Crippen LogP contribution < -0.4 is 10.6 Å². The summed E-state index contributed by atoms with van der Waals surface area (Å²) in [5.41, 5.74) is 2.05. The van der Waals surface area contributed by atoms with E-state index in [0.717, 1.165) is 11.1 Å². The smallest absolute Gasteiger partial charge is 0.255 e. The second kappa shape index (κ2) is 6.86. The number of hydrogen-bond acceptors (Lipinski definition) is 7. The van der Waals surface area contributed by atoms with Gasteiger partial charge in [-0.1, -0.05) is 12.1 Å². The van der Waals surface area contributed by atoms with E-state index in [1.165, 1.54) is 0 Å². The van der Waals surface area contributed by atoms with Gasteiger partial charge < -0.3 is 10.2 Å². The molecule has 10 heteroatoms. The van der Waals surface area contributed by atoms with Gasteiger partial charge in [0.05, 0.1) is 17.0 Å². The van der Waals surface area contributed by atoms with Gasteiger partial charge >= 0.3 is 0 Å². The SMILES string of the molecule is O=C1CCC(N2Cc3ccc(CN4CCS(=O)(=O)CC45CNC5)cc3C2=O)C(=O)N1. The van der Waals surface area contributed by atoms with Crippen LogP contribution in [0.2, 0.25) is 0 Å². The molecule has 1 unspecified atom stereocenters. The van der Waals surface area contributed by atoms with Crippen molar-refractivity contribution in [1.29, 1.82) is 0 Å². The number of nitrogens with zero attached hydrogens (tertiary/aromatic N) is 2. The molecule has 0 aromatic heterocycles. The maximum atomic E-state index is 13.0. The van der Waals surface area contributed by atoms with Crippen LogP contribution >= 0.6 is 0 Å². The zero-order valence-corrected chi connectivity index (χ0v) is 17.3. The fourth-order valence-corrected chi connectivity index (χ4v) is 6.81. The summed E-state index contributed by atoms with van der Waals surface area (Å²) >= 11 is 0. The Labute approximate surface area is 174 Å². The number of sulfone groups is 1. The first-order valence-corrected chi connectivity index (χ1v) is 12.0. The van der Waals surface area contributed by atoms with E-state index < -0.39 is 21.8 Å². The minimum Gasteiger partial charge on any atom is -0.322 e. The Morgan fingerprint density at radius 1 is 1.17 bits per heavy atom. The first-order chi connectivity index (χ1) is 14.3. The Kier molecular flexibility index (Phi) is 4.49. The topological polar surface area (TPSA) is 116 Å². The molecule has 4 aliphatic rings. The second-order valence-electron chi connectivity index (χ2n) is 8.73. The minimum atomic E-state index is -3.03. The lowest BCUT2D eigenvalue weighted by atomic mass is 9.91. The molecule has 1 atom stereocenters. The van der Waals surface area contributed by atoms with Gasteiger partial charge in [-0.3, -0.25) is 24.6 Å². The maximum absolute atomic E-state index is 13.0. The zero-order valence-electron chi connectivity index (χ0n) is 16.5. The van der Waals surface area contributed by atoms with Crippen LogP contribution in [0.25, 0.3) is 0 Å². The number of fused-ring (bicyclic) bond motifs is 1. The van der Waals surface area contributed by atoms with Crippen LogP contribution in [-0.2, 0) is 32.5 Å². The number of carbonyl (C=O) groups excluding carboxylic acids is 3. The van der Waals surface area contributed by atoms with Gasteiger partial charge in [0.2, 0.25) is 11.8 Å². The zero-order chi connectivity index (χ0) is 21.1. The molecule has 0 saturated carbocycles. The van der Waals surface area contributed by atoms with E-state index in [4.69, 9.17) is 0 Å². The van der Waals surface area contributed by atoms with E-state index in [0.29, 0.717) is 44.7 Å². The molecule has 3 fully saturated rings. The lowest BCUT2D eigenvalue weighted by molar-refractivity contribution is -0.136. The van der Waals surface area contributed by atoms with Gasteiger partial charge in [0.1, 0.15) is 6.04 Å². The van der Waals surface area contributed by atoms with Crippen LogP contribution in [0.5, 0.6) is 0 Å². The van der Waals surface area contributed by atoms with E-state index in [1.54, 1.807) is 4.90 Å². The molecule has 0 aliphatic carbocycles. The number of imide groups is 1. The molecule has 3 amide bonds. The van der Waals surface area contributed by atoms with Crippen molar-refractivity contribution < 1.29 is 22.8 Å². The van der Waals surface area contributed by atoms with Crippen LogP contribution in [0.1, 0.15) is 34.3 Å². The van der Waals surface area contributed by atoms with Gasteiger partial charge in [-0.25, -0.2) is 8.42 Å². The lowest BCUT2D eigenvalue weighted by Gasteiger charge is -2.53. The molecule has 30 heavy (non-hydrogen) atoms. The van der Waals surface area contributed by atoms with E-state index in [2.05, 4.69) is 15.5 Å². The molecule has 1 aromatic rings. The van der Waals surface area contributed by atoms with E-state index >= 15 is 0 Å². The minimum absolute atomic E-state index is 0.155. The Balaban J connectivity index is 1.34. The van der Waals surface area contributed by atoms with Crippen LogP contribution in [0.4, 0.5) is 0 Å². The van der Waals surface area contributed by atoms with Gasteiger partial charge in [0.15, 0.2) is 9.84 Å². The number of hydrogen-bond donors (Lipinski definition) is 2. The molecule has 4 heterocycles. The third-order valence-corrected chi connectivity index (χ3v) is 8.49. The molecule has 2 N–H and O–H groups in total. The van der Waals surface area contributed by atoms with Crippen molar-refractivity contribution in [2.75, 3.05) is 31.1 Å². The van der Waals surface area contributed by atoms with Crippen molar-refractivity contribution in [3.63, 3.8) is 0 Å². The first kappa shape index (κ1) is 19.7. The fourth-order valence-electron chi connectivity index (χ4n) is 4.97. The molecule has 1 aromatic carbocycles. The average Bonchev–Trinajstić information content (AvgIpc) is 2.98. The summed E-state index contributed by atoms with van der Waals surface area (Å²) in [7, 11) is -3.03. The third kappa shape index (κ3) is 3.23. The molecule has 9 nitrogen and oxygen atoms in total. The standard InChI is InChI=1S/C20H24N4O5S/c25-17-4-3-16(18(26)22-17)24-9-14-2-1-13(7-15(14)19(24)27)8-23-5-6-30(28,29)12-20(23)10-21-11-20/h1-2,7,16,21H,3-6,8-12H2,(H,22,25,26). The summed E-state index contributed by atoms with van der Waals surface area (Å²) in [4.78, 5) is 40.4. The van der Waals surface area contributed by atoms with Crippen molar-refractivity contribution in [2.45, 2.75) is 37.5 Å². The number of amides is 3. The number of rotatable bonds is 3. The predicted molar refractivity (Wildman–Crippen MR) is 107 cm³/mol. The summed E-state index contributed by atoms with van der Waals surface area (Å²) in [5, 5.41) is 5.51. The molecule has 1 spiro atoms. The number of piperidine rings is 1. The molecular formula is C20H24N4O5S. The summed E-state index contributed by atoms with van der Waals surface area (Å²) < 4.78 is 24.3. The van der Waals surface area contributed by atoms with Crippen molar-refractivity contribution in [3.8, 4) is 0 Å². The monoisotopic (exact) mass is 432 g/mol. The average molecular weight is 433 g/mol. The van der Waals surface area contributed by atoms with Gasteiger partial charge in [-0.2, -0.15) is 0 Å². The number of nitrogens with one attached hydrogen (secondary N) is 2. The van der Waals surface area contributed by atoms with Crippen LogP contribution in [-0.4, -0.2) is 78.7 Å². The Morgan fingerprint density at radius 2 is 1.97 bits per heavy atom. The van der Waals surface area contributed by atoms with Crippen molar-refractivity contribution in [1.82, 2.24) is 20.4 Å². The molecule has 160 valence electrons. The highest BCUT2D eigenvalue weighted by Gasteiger charge is 2.49. The Morgan fingerprint density at radius 3 is 2.67 bits per heavy atom. The highest BCUT2D eigenvalue weighted by Crippen LogP contribution is 2.32. The quantitative estimate of drug-likeness (QED) is 0.590. The third-order valence-electron chi connectivity index (χ3n) is 6.71. The summed E-state index contributed by atoms with van der Waals surface area (Å²) in [6, 6.07) is 5.14. The van der Waals surface area contributed by atoms with E-state index in [-0.39, 0.29) is 35.3 Å². The summed E-state index contributed by atoms with van der Waals surface area (Å²) in [5.74, 6) is -0.586. The van der Waals surface area contributed by atoms with Gasteiger partial charge in [-0.05, 0) is 23.6 Å². The van der Waals surface area contributed by atoms with Gasteiger partial charge in [0.25, 0.3) is 5.91 Å². The van der Waals surface area contributed by atoms with Crippen LogP contribution in [0, 0.1) is 0 Å². The van der Waals surface area contributed by atoms with E-state index in [1.807, 2.05) is 18.2 Å². The van der Waals surface area contributed by atoms with Crippen LogP contribution in [0.15, 0.2) is 18.2 Å². The molecule has 0 radical (unpaired) electrons. The van der Waals surface area contributed by atoms with Crippen molar-refractivity contribution >= 4 is 27.6 Å². The van der Waals surface area contributed by atoms with E-state index in [9.17, 15) is 22.8 Å². The maximum Gasteiger partial charge on any atom is 0.255 e. The number of carbonyl (C=O) groups is 3. The van der Waals surface area contributed by atoms with Crippen LogP contribution in [0.3, 0.4) is 0 Å². The highest BCUT2D eigenvalue weighted by molar-refractivity contribution is 7.91. The Hall–Kier alpha value is -2.30. The molecule has 4 aliphatic heterocycles. The predicted octanol–water partition coefficient (Wildman–Crippen LogP) is -0.980. The molecule has 0 bridgehead atoms. The highest BCUT2D eigenvalue weighted by atomic mass is 32.2. The van der Waals surface area contributed by atoms with Crippen molar-refractivity contribution in [2.24, 2.45) is 0 Å². The first-order valence-electron chi connectivity index (χ1n) is 10.2. The largest absolute Gasteiger partial charge is 0.322 e. The molecule has 3 saturated heterocycles. The number of benzene rings is 1. The van der Waals surface area contributed by atoms with Gasteiger partial charge in [-0.15, -0.1) is 0 Å². The molecule has 5 rings (SSSR count). The fraction of sp³-hybridized carbons (Fsp3) is 0.550. The van der Waals surface area contributed by atoms with Crippen molar-refractivity contribution in [3.05, 3.63) is 34.9 Å². The molecular weight excluding hydrogens is 408 g/mol. The normalized spacial score (nSPS) is 27.7. The van der Waals surface area contributed by atoms with Gasteiger partial charge in [0, 0.05) is 44.7 Å². The lowest BCUT2D eigenvalue weighted by Crippen LogP contribution is -2.74.